The Labute approximate surface area is 97.1 Å². The predicted octanol–water partition coefficient (Wildman–Crippen LogP) is 1.43. The molecule has 0 bridgehead atoms. The third-order valence-electron chi connectivity index (χ3n) is 4.00. The first-order chi connectivity index (χ1) is 7.67. The fourth-order valence-electron chi connectivity index (χ4n) is 3.08. The molecule has 1 saturated heterocycles. The van der Waals surface area contributed by atoms with Crippen LogP contribution in [-0.2, 0) is 4.79 Å². The summed E-state index contributed by atoms with van der Waals surface area (Å²) in [5.41, 5.74) is 0.0654. The van der Waals surface area contributed by atoms with E-state index in [9.17, 15) is 9.90 Å². The Hall–Kier alpha value is -0.830. The van der Waals surface area contributed by atoms with Gasteiger partial charge in [0.1, 0.15) is 0 Å². The lowest BCUT2D eigenvalue weighted by atomic mass is 9.76. The summed E-state index contributed by atoms with van der Waals surface area (Å²) in [7, 11) is 0. The van der Waals surface area contributed by atoms with Crippen LogP contribution in [0.2, 0.25) is 0 Å². The van der Waals surface area contributed by atoms with Gasteiger partial charge in [0.2, 0.25) is 5.91 Å². The average molecular weight is 222 g/mol. The van der Waals surface area contributed by atoms with Crippen LogP contribution < -0.4 is 5.11 Å². The maximum absolute atomic E-state index is 12.0. The Kier molecular flexibility index (Phi) is 3.33. The number of rotatable bonds is 2. The van der Waals surface area contributed by atoms with Crippen molar-refractivity contribution in [2.45, 2.75) is 51.7 Å². The van der Waals surface area contributed by atoms with Gasteiger partial charge in [0.25, 0.3) is 0 Å². The second-order valence-corrected chi connectivity index (χ2v) is 5.16. The van der Waals surface area contributed by atoms with E-state index in [1.807, 2.05) is 19.1 Å². The van der Waals surface area contributed by atoms with Crippen LogP contribution in [0.5, 0.6) is 0 Å². The molecule has 1 aliphatic heterocycles. The Bertz CT molecular complexity index is 292. The van der Waals surface area contributed by atoms with E-state index in [0.29, 0.717) is 19.4 Å². The number of likely N-dealkylation sites (tertiary alicyclic amines) is 1. The average Bonchev–Trinajstić information content (AvgIpc) is 2.65. The molecule has 1 unspecified atom stereocenters. The number of piperidine rings is 1. The third kappa shape index (κ3) is 2.14. The highest BCUT2D eigenvalue weighted by Gasteiger charge is 2.41. The normalized spacial score (nSPS) is 29.5. The van der Waals surface area contributed by atoms with E-state index in [0.717, 1.165) is 12.8 Å². The molecule has 16 heavy (non-hydrogen) atoms. The van der Waals surface area contributed by atoms with Crippen molar-refractivity contribution in [3.05, 3.63) is 12.2 Å². The third-order valence-corrected chi connectivity index (χ3v) is 4.00. The summed E-state index contributed by atoms with van der Waals surface area (Å²) in [6.07, 6.45) is 8.75. The molecule has 1 saturated carbocycles. The number of allylic oxidation sites excluding steroid dienone is 1. The molecule has 1 spiro atoms. The van der Waals surface area contributed by atoms with Gasteiger partial charge in [0.15, 0.2) is 0 Å². The largest absolute Gasteiger partial charge is 0.836 e. The van der Waals surface area contributed by atoms with Crippen LogP contribution >= 0.6 is 0 Å². The van der Waals surface area contributed by atoms with Gasteiger partial charge in [0, 0.05) is 13.0 Å². The van der Waals surface area contributed by atoms with E-state index >= 15 is 0 Å². The van der Waals surface area contributed by atoms with E-state index in [2.05, 4.69) is 0 Å². The molecule has 0 radical (unpaired) electrons. The molecule has 0 N–H and O–H groups in total. The summed E-state index contributed by atoms with van der Waals surface area (Å²) in [4.78, 5) is 13.5. The van der Waals surface area contributed by atoms with Gasteiger partial charge in [-0.15, -0.1) is 0 Å². The summed E-state index contributed by atoms with van der Waals surface area (Å²) < 4.78 is 0. The molecule has 2 fully saturated rings. The van der Waals surface area contributed by atoms with Crippen LogP contribution in [-0.4, -0.2) is 23.6 Å². The van der Waals surface area contributed by atoms with Crippen LogP contribution in [0.4, 0.5) is 0 Å². The highest BCUT2D eigenvalue weighted by molar-refractivity contribution is 5.78. The van der Waals surface area contributed by atoms with Gasteiger partial charge in [0.05, 0.1) is 0 Å². The van der Waals surface area contributed by atoms with Gasteiger partial charge in [-0.05, 0) is 37.8 Å². The van der Waals surface area contributed by atoms with E-state index in [1.54, 1.807) is 0 Å². The standard InChI is InChI=1S/C13H20NO2/c1-2-3-8-14-11(15)9-13(10-12(14)16)6-4-5-7-13/h2-3,11H,4-10H2,1H3/q-1/b3-2+. The lowest BCUT2D eigenvalue weighted by molar-refractivity contribution is -0.460. The highest BCUT2D eigenvalue weighted by Crippen LogP contribution is 2.47. The molecule has 2 rings (SSSR count). The molecule has 1 amide bonds. The first-order valence-corrected chi connectivity index (χ1v) is 6.23. The summed E-state index contributed by atoms with van der Waals surface area (Å²) >= 11 is 0. The second-order valence-electron chi connectivity index (χ2n) is 5.16. The fraction of sp³-hybridized carbons (Fsp3) is 0.769. The topological polar surface area (TPSA) is 43.4 Å². The predicted molar refractivity (Wildman–Crippen MR) is 60.5 cm³/mol. The lowest BCUT2D eigenvalue weighted by Gasteiger charge is -2.48. The second kappa shape index (κ2) is 4.58. The number of carbonyl (C=O) groups is 1. The van der Waals surface area contributed by atoms with Crippen molar-refractivity contribution < 1.29 is 9.90 Å². The molecular formula is C13H20NO2-. The Morgan fingerprint density at radius 3 is 2.75 bits per heavy atom. The first-order valence-electron chi connectivity index (χ1n) is 6.23. The number of hydrogen-bond donors (Lipinski definition) is 0. The molecule has 1 atom stereocenters. The molecule has 90 valence electrons. The Balaban J connectivity index is 2.04. The highest BCUT2D eigenvalue weighted by atomic mass is 16.3. The number of carbonyl (C=O) groups excluding carboxylic acids is 1. The maximum atomic E-state index is 12.0. The van der Waals surface area contributed by atoms with Crippen molar-refractivity contribution in [3.63, 3.8) is 0 Å². The molecule has 1 aliphatic carbocycles. The zero-order valence-corrected chi connectivity index (χ0v) is 9.95. The summed E-state index contributed by atoms with van der Waals surface area (Å²) in [5.74, 6) is 0.0613. The minimum Gasteiger partial charge on any atom is -0.836 e. The number of nitrogens with zero attached hydrogens (tertiary/aromatic N) is 1. The fourth-order valence-corrected chi connectivity index (χ4v) is 3.08. The van der Waals surface area contributed by atoms with E-state index in [-0.39, 0.29) is 11.3 Å². The van der Waals surface area contributed by atoms with Gasteiger partial charge < -0.3 is 10.0 Å². The molecule has 0 aromatic heterocycles. The van der Waals surface area contributed by atoms with Crippen LogP contribution in [0.15, 0.2) is 12.2 Å². The Morgan fingerprint density at radius 1 is 1.50 bits per heavy atom. The van der Waals surface area contributed by atoms with Gasteiger partial charge in [-0.1, -0.05) is 25.0 Å². The SMILES string of the molecule is C/C=C/CN1C(=O)CC2(CCCC2)CC1[O-]. The molecule has 0 aromatic rings. The van der Waals surface area contributed by atoms with E-state index in [4.69, 9.17) is 0 Å². The van der Waals surface area contributed by atoms with Crippen LogP contribution in [0.25, 0.3) is 0 Å². The maximum Gasteiger partial charge on any atom is 0.222 e. The zero-order valence-electron chi connectivity index (χ0n) is 9.95. The molecular weight excluding hydrogens is 202 g/mol. The molecule has 0 aromatic carbocycles. The van der Waals surface area contributed by atoms with E-state index < -0.39 is 6.23 Å². The summed E-state index contributed by atoms with van der Waals surface area (Å²) in [6, 6.07) is 0. The Morgan fingerprint density at radius 2 is 2.19 bits per heavy atom. The van der Waals surface area contributed by atoms with Crippen molar-refractivity contribution in [1.82, 2.24) is 4.90 Å². The van der Waals surface area contributed by atoms with Crippen molar-refractivity contribution in [2.24, 2.45) is 5.41 Å². The summed E-state index contributed by atoms with van der Waals surface area (Å²) in [6.45, 7) is 2.40. The quantitative estimate of drug-likeness (QED) is 0.663. The van der Waals surface area contributed by atoms with Gasteiger partial charge >= 0.3 is 0 Å². The van der Waals surface area contributed by atoms with Gasteiger partial charge in [-0.3, -0.25) is 4.79 Å². The summed E-state index contributed by atoms with van der Waals surface area (Å²) in [5, 5.41) is 12.0. The monoisotopic (exact) mass is 222 g/mol. The first kappa shape index (κ1) is 11.6. The van der Waals surface area contributed by atoms with Gasteiger partial charge in [-0.2, -0.15) is 0 Å². The van der Waals surface area contributed by atoms with Crippen molar-refractivity contribution in [3.8, 4) is 0 Å². The molecule has 1 heterocycles. The van der Waals surface area contributed by atoms with E-state index in [1.165, 1.54) is 17.7 Å². The molecule has 2 aliphatic rings. The van der Waals surface area contributed by atoms with Crippen molar-refractivity contribution >= 4 is 5.91 Å². The lowest BCUT2D eigenvalue weighted by Crippen LogP contribution is -2.55. The van der Waals surface area contributed by atoms with Crippen molar-refractivity contribution in [2.75, 3.05) is 6.54 Å². The van der Waals surface area contributed by atoms with Crippen LogP contribution in [0, 0.1) is 5.41 Å². The minimum atomic E-state index is -0.824. The zero-order chi connectivity index (χ0) is 11.6. The van der Waals surface area contributed by atoms with Crippen LogP contribution in [0.1, 0.15) is 45.4 Å². The molecule has 3 nitrogen and oxygen atoms in total. The molecule has 3 heteroatoms. The van der Waals surface area contributed by atoms with Gasteiger partial charge in [-0.25, -0.2) is 0 Å². The number of amides is 1. The van der Waals surface area contributed by atoms with Crippen LogP contribution in [0.3, 0.4) is 0 Å². The minimum absolute atomic E-state index is 0.0613. The van der Waals surface area contributed by atoms with Crippen molar-refractivity contribution in [1.29, 1.82) is 0 Å². The number of hydrogen-bond acceptors (Lipinski definition) is 2. The smallest absolute Gasteiger partial charge is 0.222 e.